The van der Waals surface area contributed by atoms with Crippen molar-refractivity contribution in [2.45, 2.75) is 32.1 Å². The second kappa shape index (κ2) is 5.69. The van der Waals surface area contributed by atoms with Crippen LogP contribution in [0.15, 0.2) is 33.7 Å². The third kappa shape index (κ3) is 2.97. The van der Waals surface area contributed by atoms with Crippen molar-refractivity contribution in [2.75, 3.05) is 0 Å². The number of carbonyl (C=O) groups is 1. The summed E-state index contributed by atoms with van der Waals surface area (Å²) in [5, 5.41) is 3.60. The minimum Gasteiger partial charge on any atom is -0.378 e. The van der Waals surface area contributed by atoms with Crippen LogP contribution in [0.3, 0.4) is 0 Å². The van der Waals surface area contributed by atoms with E-state index in [-0.39, 0.29) is 39.9 Å². The summed E-state index contributed by atoms with van der Waals surface area (Å²) in [7, 11) is -4.10. The number of para-hydroxylation sites is 1. The lowest BCUT2D eigenvalue weighted by atomic mass is 10.1. The maximum atomic E-state index is 12.3. The van der Waals surface area contributed by atoms with Crippen LogP contribution in [0.4, 0.5) is 0 Å². The van der Waals surface area contributed by atoms with E-state index in [2.05, 4.69) is 5.16 Å². The second-order valence-electron chi connectivity index (χ2n) is 4.46. The zero-order chi connectivity index (χ0) is 15.6. The van der Waals surface area contributed by atoms with Crippen LogP contribution >= 0.6 is 0 Å². The average Bonchev–Trinajstić information content (AvgIpc) is 2.78. The number of rotatable bonds is 5. The maximum absolute atomic E-state index is 12.3. The SMILES string of the molecule is CCC(=O)c1ccccc1OS(=O)(=O)c1c(C)noc1C. The molecule has 112 valence electrons. The summed E-state index contributed by atoms with van der Waals surface area (Å²) in [6.07, 6.45) is 0.256. The minimum absolute atomic E-state index is 0.00403. The van der Waals surface area contributed by atoms with E-state index in [1.807, 2.05) is 0 Å². The topological polar surface area (TPSA) is 86.5 Å². The van der Waals surface area contributed by atoms with Gasteiger partial charge in [0.2, 0.25) is 0 Å². The fraction of sp³-hybridized carbons (Fsp3) is 0.286. The van der Waals surface area contributed by atoms with E-state index < -0.39 is 10.1 Å². The summed E-state index contributed by atoms with van der Waals surface area (Å²) in [5.41, 5.74) is 0.446. The van der Waals surface area contributed by atoms with Gasteiger partial charge in [0.25, 0.3) is 0 Å². The summed E-state index contributed by atoms with van der Waals surface area (Å²) in [4.78, 5) is 11.7. The Balaban J connectivity index is 2.45. The molecule has 2 aromatic rings. The van der Waals surface area contributed by atoms with Gasteiger partial charge >= 0.3 is 10.1 Å². The fourth-order valence-electron chi connectivity index (χ4n) is 1.95. The molecule has 1 aromatic carbocycles. The molecule has 0 aliphatic rings. The largest absolute Gasteiger partial charge is 0.378 e. The summed E-state index contributed by atoms with van der Waals surface area (Å²) in [6, 6.07) is 6.23. The molecule has 2 rings (SSSR count). The molecule has 0 saturated heterocycles. The molecule has 21 heavy (non-hydrogen) atoms. The number of hydrogen-bond donors (Lipinski definition) is 0. The lowest BCUT2D eigenvalue weighted by Crippen LogP contribution is -2.13. The number of ketones is 1. The first-order chi connectivity index (χ1) is 9.86. The van der Waals surface area contributed by atoms with Crippen molar-refractivity contribution >= 4 is 15.9 Å². The summed E-state index contributed by atoms with van der Waals surface area (Å²) < 4.78 is 34.6. The Kier molecular flexibility index (Phi) is 4.13. The van der Waals surface area contributed by atoms with E-state index in [0.717, 1.165) is 0 Å². The van der Waals surface area contributed by atoms with Gasteiger partial charge < -0.3 is 8.71 Å². The van der Waals surface area contributed by atoms with Gasteiger partial charge in [-0.15, -0.1) is 0 Å². The molecule has 0 fully saturated rings. The monoisotopic (exact) mass is 309 g/mol. The predicted octanol–water partition coefficient (Wildman–Crippen LogP) is 2.65. The van der Waals surface area contributed by atoms with Gasteiger partial charge in [-0.05, 0) is 26.0 Å². The first kappa shape index (κ1) is 15.2. The van der Waals surface area contributed by atoms with Crippen LogP contribution in [-0.4, -0.2) is 19.4 Å². The second-order valence-corrected chi connectivity index (χ2v) is 5.95. The van der Waals surface area contributed by atoms with Gasteiger partial charge in [0.05, 0.1) is 5.56 Å². The molecule has 1 aromatic heterocycles. The number of Topliss-reactive ketones (excluding diaryl/α,β-unsaturated/α-hetero) is 1. The highest BCUT2D eigenvalue weighted by Gasteiger charge is 2.27. The van der Waals surface area contributed by atoms with E-state index in [1.165, 1.54) is 26.0 Å². The van der Waals surface area contributed by atoms with Crippen molar-refractivity contribution in [2.24, 2.45) is 0 Å². The highest BCUT2D eigenvalue weighted by atomic mass is 32.2. The van der Waals surface area contributed by atoms with Crippen molar-refractivity contribution < 1.29 is 21.9 Å². The van der Waals surface area contributed by atoms with Crippen molar-refractivity contribution in [3.05, 3.63) is 41.3 Å². The Hall–Kier alpha value is -2.15. The summed E-state index contributed by atoms with van der Waals surface area (Å²) >= 11 is 0. The van der Waals surface area contributed by atoms with E-state index in [0.29, 0.717) is 0 Å². The molecule has 1 heterocycles. The first-order valence-corrected chi connectivity index (χ1v) is 7.77. The van der Waals surface area contributed by atoms with Crippen LogP contribution < -0.4 is 4.18 Å². The highest BCUT2D eigenvalue weighted by molar-refractivity contribution is 7.87. The number of nitrogens with zero attached hydrogens (tertiary/aromatic N) is 1. The smallest absolute Gasteiger partial charge is 0.344 e. The van der Waals surface area contributed by atoms with Gasteiger partial charge in [0.1, 0.15) is 5.69 Å². The molecule has 0 aliphatic heterocycles. The molecule has 0 amide bonds. The maximum Gasteiger partial charge on any atom is 0.344 e. The van der Waals surface area contributed by atoms with E-state index in [9.17, 15) is 13.2 Å². The summed E-state index contributed by atoms with van der Waals surface area (Å²) in [6.45, 7) is 4.69. The Labute approximate surface area is 122 Å². The number of carbonyl (C=O) groups excluding carboxylic acids is 1. The normalized spacial score (nSPS) is 11.4. The van der Waals surface area contributed by atoms with Crippen LogP contribution in [0.2, 0.25) is 0 Å². The zero-order valence-corrected chi connectivity index (χ0v) is 12.7. The van der Waals surface area contributed by atoms with E-state index >= 15 is 0 Å². The Morgan fingerprint density at radius 1 is 1.29 bits per heavy atom. The molecule has 0 saturated carbocycles. The predicted molar refractivity (Wildman–Crippen MR) is 74.9 cm³/mol. The van der Waals surface area contributed by atoms with Gasteiger partial charge in [-0.2, -0.15) is 8.42 Å². The fourth-order valence-corrected chi connectivity index (χ4v) is 3.20. The lowest BCUT2D eigenvalue weighted by Gasteiger charge is -2.09. The van der Waals surface area contributed by atoms with Crippen LogP contribution in [0.5, 0.6) is 5.75 Å². The van der Waals surface area contributed by atoms with Gasteiger partial charge in [-0.3, -0.25) is 4.79 Å². The molecule has 0 aliphatic carbocycles. The van der Waals surface area contributed by atoms with Gasteiger partial charge in [0, 0.05) is 6.42 Å². The van der Waals surface area contributed by atoms with E-state index in [1.54, 1.807) is 19.1 Å². The molecule has 0 radical (unpaired) electrons. The number of hydrogen-bond acceptors (Lipinski definition) is 6. The van der Waals surface area contributed by atoms with E-state index in [4.69, 9.17) is 8.71 Å². The molecule has 0 bridgehead atoms. The van der Waals surface area contributed by atoms with Gasteiger partial charge in [-0.25, -0.2) is 0 Å². The molecule has 0 N–H and O–H groups in total. The van der Waals surface area contributed by atoms with Crippen molar-refractivity contribution in [1.82, 2.24) is 5.16 Å². The van der Waals surface area contributed by atoms with Crippen LogP contribution in [0.1, 0.15) is 35.2 Å². The lowest BCUT2D eigenvalue weighted by molar-refractivity contribution is 0.0986. The number of aryl methyl sites for hydroxylation is 2. The van der Waals surface area contributed by atoms with Gasteiger partial charge in [-0.1, -0.05) is 24.2 Å². The minimum atomic E-state index is -4.10. The molecule has 0 atom stereocenters. The quantitative estimate of drug-likeness (QED) is 0.623. The number of aromatic nitrogens is 1. The van der Waals surface area contributed by atoms with Crippen molar-refractivity contribution in [3.8, 4) is 5.75 Å². The van der Waals surface area contributed by atoms with Crippen molar-refractivity contribution in [3.63, 3.8) is 0 Å². The molecular formula is C14H15NO5S. The molecule has 7 heteroatoms. The Morgan fingerprint density at radius 2 is 1.95 bits per heavy atom. The van der Waals surface area contributed by atoms with Crippen LogP contribution in [0.25, 0.3) is 0 Å². The molecule has 0 spiro atoms. The first-order valence-electron chi connectivity index (χ1n) is 6.36. The summed E-state index contributed by atoms with van der Waals surface area (Å²) in [5.74, 6) is -0.0456. The molecule has 0 unspecified atom stereocenters. The van der Waals surface area contributed by atoms with Crippen LogP contribution in [0, 0.1) is 13.8 Å². The highest BCUT2D eigenvalue weighted by Crippen LogP contribution is 2.27. The standard InChI is InChI=1S/C14H15NO5S/c1-4-12(16)11-7-5-6-8-13(11)20-21(17,18)14-9(2)15-19-10(14)3/h5-8H,4H2,1-3H3. The zero-order valence-electron chi connectivity index (χ0n) is 11.9. The van der Waals surface area contributed by atoms with Gasteiger partial charge in [0.15, 0.2) is 22.2 Å². The third-order valence-corrected chi connectivity index (χ3v) is 4.41. The van der Waals surface area contributed by atoms with Crippen molar-refractivity contribution in [1.29, 1.82) is 0 Å². The molecular weight excluding hydrogens is 294 g/mol. The third-order valence-electron chi connectivity index (χ3n) is 2.93. The van der Waals surface area contributed by atoms with Crippen LogP contribution in [-0.2, 0) is 10.1 Å². The Bertz CT molecular complexity index is 757. The number of benzene rings is 1. The molecule has 6 nitrogen and oxygen atoms in total. The average molecular weight is 309 g/mol. The Morgan fingerprint density at radius 3 is 2.52 bits per heavy atom.